The van der Waals surface area contributed by atoms with Gasteiger partial charge in [0.05, 0.1) is 11.8 Å². The average Bonchev–Trinajstić information content (AvgIpc) is 2.82. The van der Waals surface area contributed by atoms with Crippen LogP contribution in [0.2, 0.25) is 0 Å². The van der Waals surface area contributed by atoms with Crippen LogP contribution in [0.4, 0.5) is 13.9 Å². The molecule has 0 saturated carbocycles. The van der Waals surface area contributed by atoms with E-state index in [9.17, 15) is 8.78 Å². The van der Waals surface area contributed by atoms with Crippen molar-refractivity contribution in [2.24, 2.45) is 0 Å². The lowest BCUT2D eigenvalue weighted by Crippen LogP contribution is -1.93. The Kier molecular flexibility index (Phi) is 2.98. The van der Waals surface area contributed by atoms with Gasteiger partial charge in [0.15, 0.2) is 16.8 Å². The monoisotopic (exact) mass is 293 g/mol. The van der Waals surface area contributed by atoms with E-state index in [-0.39, 0.29) is 5.56 Å². The number of methoxy groups -OCH3 is 1. The zero-order valence-corrected chi connectivity index (χ0v) is 11.2. The van der Waals surface area contributed by atoms with E-state index in [2.05, 4.69) is 9.97 Å². The van der Waals surface area contributed by atoms with Gasteiger partial charge in [-0.05, 0) is 6.07 Å². The van der Waals surface area contributed by atoms with Crippen LogP contribution in [0.25, 0.3) is 21.3 Å². The van der Waals surface area contributed by atoms with Gasteiger partial charge in [-0.3, -0.25) is 0 Å². The molecule has 3 aromatic rings. The molecule has 3 rings (SSSR count). The molecule has 0 atom stereocenters. The van der Waals surface area contributed by atoms with Crippen molar-refractivity contribution in [3.63, 3.8) is 0 Å². The van der Waals surface area contributed by atoms with E-state index in [1.807, 2.05) is 0 Å². The minimum absolute atomic E-state index is 0.119. The maximum absolute atomic E-state index is 13.9. The van der Waals surface area contributed by atoms with Gasteiger partial charge in [-0.1, -0.05) is 23.5 Å². The van der Waals surface area contributed by atoms with Gasteiger partial charge >= 0.3 is 0 Å². The fraction of sp³-hybridized carbons (Fsp3) is 0.0769. The Balaban J connectivity index is 2.35. The van der Waals surface area contributed by atoms with Gasteiger partial charge in [0, 0.05) is 17.3 Å². The molecule has 20 heavy (non-hydrogen) atoms. The van der Waals surface area contributed by atoms with Crippen LogP contribution in [-0.2, 0) is 0 Å². The van der Waals surface area contributed by atoms with Gasteiger partial charge in [-0.15, -0.1) is 0 Å². The molecule has 4 nitrogen and oxygen atoms in total. The number of fused-ring (bicyclic) bond motifs is 1. The number of hydrogen-bond donors (Lipinski definition) is 1. The maximum atomic E-state index is 13.9. The predicted molar refractivity (Wildman–Crippen MR) is 73.7 cm³/mol. The van der Waals surface area contributed by atoms with Gasteiger partial charge in [-0.25, -0.2) is 18.7 Å². The molecule has 1 aromatic carbocycles. The van der Waals surface area contributed by atoms with E-state index < -0.39 is 11.6 Å². The SMILES string of the molecule is COc1ncc(-c2cccc(F)c2F)c2sc(N)nc12. The van der Waals surface area contributed by atoms with Crippen LogP contribution in [0.15, 0.2) is 24.4 Å². The molecule has 7 heteroatoms. The summed E-state index contributed by atoms with van der Waals surface area (Å²) in [7, 11) is 1.46. The molecule has 0 fully saturated rings. The van der Waals surface area contributed by atoms with Crippen molar-refractivity contribution in [2.75, 3.05) is 12.8 Å². The number of nitrogens with zero attached hydrogens (tertiary/aromatic N) is 2. The second-order valence-corrected chi connectivity index (χ2v) is 5.04. The summed E-state index contributed by atoms with van der Waals surface area (Å²) in [6, 6.07) is 3.99. The van der Waals surface area contributed by atoms with Crippen molar-refractivity contribution in [1.82, 2.24) is 9.97 Å². The molecule has 0 amide bonds. The first-order chi connectivity index (χ1) is 9.61. The van der Waals surface area contributed by atoms with Crippen molar-refractivity contribution in [3.05, 3.63) is 36.0 Å². The number of benzene rings is 1. The molecule has 0 spiro atoms. The zero-order valence-electron chi connectivity index (χ0n) is 10.4. The van der Waals surface area contributed by atoms with E-state index in [1.54, 1.807) is 0 Å². The van der Waals surface area contributed by atoms with Gasteiger partial charge < -0.3 is 10.5 Å². The van der Waals surface area contributed by atoms with Crippen molar-refractivity contribution >= 4 is 26.7 Å². The molecule has 0 unspecified atom stereocenters. The fourth-order valence-corrected chi connectivity index (χ4v) is 2.81. The molecular formula is C13H9F2N3OS. The average molecular weight is 293 g/mol. The second-order valence-electron chi connectivity index (χ2n) is 4.01. The Morgan fingerprint density at radius 3 is 2.80 bits per heavy atom. The lowest BCUT2D eigenvalue weighted by atomic mass is 10.1. The Hall–Kier alpha value is -2.28. The first-order valence-corrected chi connectivity index (χ1v) is 6.47. The number of ether oxygens (including phenoxy) is 1. The minimum atomic E-state index is -0.923. The largest absolute Gasteiger partial charge is 0.479 e. The van der Waals surface area contributed by atoms with E-state index >= 15 is 0 Å². The summed E-state index contributed by atoms with van der Waals surface area (Å²) in [4.78, 5) is 8.18. The Bertz CT molecular complexity index is 804. The Morgan fingerprint density at radius 2 is 2.05 bits per heavy atom. The molecule has 0 aliphatic rings. The van der Waals surface area contributed by atoms with E-state index in [0.717, 1.165) is 6.07 Å². The number of pyridine rings is 1. The van der Waals surface area contributed by atoms with E-state index in [0.29, 0.717) is 26.8 Å². The van der Waals surface area contributed by atoms with Crippen LogP contribution in [0, 0.1) is 11.6 Å². The molecule has 0 bridgehead atoms. The van der Waals surface area contributed by atoms with Crippen LogP contribution in [-0.4, -0.2) is 17.1 Å². The summed E-state index contributed by atoms with van der Waals surface area (Å²) in [6.07, 6.45) is 1.43. The zero-order chi connectivity index (χ0) is 14.3. The normalized spacial score (nSPS) is 10.9. The maximum Gasteiger partial charge on any atom is 0.241 e. The van der Waals surface area contributed by atoms with Gasteiger partial charge in [0.25, 0.3) is 0 Å². The number of nitrogen functional groups attached to an aromatic ring is 1. The molecule has 0 saturated heterocycles. The first-order valence-electron chi connectivity index (χ1n) is 5.65. The number of hydrogen-bond acceptors (Lipinski definition) is 5. The van der Waals surface area contributed by atoms with Crippen molar-refractivity contribution in [3.8, 4) is 17.0 Å². The minimum Gasteiger partial charge on any atom is -0.479 e. The lowest BCUT2D eigenvalue weighted by molar-refractivity contribution is 0.402. The summed E-state index contributed by atoms with van der Waals surface area (Å²) in [5.74, 6) is -1.54. The first kappa shape index (κ1) is 12.7. The van der Waals surface area contributed by atoms with Gasteiger partial charge in [0.2, 0.25) is 5.88 Å². The highest BCUT2D eigenvalue weighted by atomic mass is 32.1. The molecular weight excluding hydrogens is 284 g/mol. The van der Waals surface area contributed by atoms with Crippen LogP contribution >= 0.6 is 11.3 Å². The van der Waals surface area contributed by atoms with Gasteiger partial charge in [0.1, 0.15) is 5.52 Å². The Morgan fingerprint density at radius 1 is 1.25 bits per heavy atom. The smallest absolute Gasteiger partial charge is 0.241 e. The molecule has 0 radical (unpaired) electrons. The predicted octanol–water partition coefficient (Wildman–Crippen LogP) is 3.23. The molecule has 102 valence electrons. The number of halogens is 2. The van der Waals surface area contributed by atoms with E-state index in [4.69, 9.17) is 10.5 Å². The number of rotatable bonds is 2. The number of anilines is 1. The number of aromatic nitrogens is 2. The van der Waals surface area contributed by atoms with E-state index in [1.165, 1.54) is 36.8 Å². The highest BCUT2D eigenvalue weighted by molar-refractivity contribution is 7.22. The summed E-state index contributed by atoms with van der Waals surface area (Å²) < 4.78 is 33.0. The highest BCUT2D eigenvalue weighted by Gasteiger charge is 2.18. The Labute approximate surface area is 116 Å². The lowest BCUT2D eigenvalue weighted by Gasteiger charge is -2.06. The summed E-state index contributed by atoms with van der Waals surface area (Å²) in [6.45, 7) is 0. The van der Waals surface area contributed by atoms with Crippen LogP contribution < -0.4 is 10.5 Å². The van der Waals surface area contributed by atoms with Crippen molar-refractivity contribution < 1.29 is 13.5 Å². The fourth-order valence-electron chi connectivity index (χ4n) is 1.96. The second kappa shape index (κ2) is 4.68. The van der Waals surface area contributed by atoms with Gasteiger partial charge in [-0.2, -0.15) is 0 Å². The summed E-state index contributed by atoms with van der Waals surface area (Å²) >= 11 is 1.18. The number of nitrogens with two attached hydrogens (primary N) is 1. The molecule has 0 aliphatic carbocycles. The third kappa shape index (κ3) is 1.87. The summed E-state index contributed by atoms with van der Waals surface area (Å²) in [5.41, 5.74) is 6.68. The third-order valence-corrected chi connectivity index (χ3v) is 3.75. The van der Waals surface area contributed by atoms with Crippen LogP contribution in [0.5, 0.6) is 5.88 Å². The molecule has 0 aliphatic heterocycles. The summed E-state index contributed by atoms with van der Waals surface area (Å²) in [5, 5.41) is 0.310. The van der Waals surface area contributed by atoms with Crippen molar-refractivity contribution in [1.29, 1.82) is 0 Å². The van der Waals surface area contributed by atoms with Crippen LogP contribution in [0.1, 0.15) is 0 Å². The topological polar surface area (TPSA) is 61.0 Å². The standard InChI is InChI=1S/C13H9F2N3OS/c1-19-12-10-11(20-13(16)18-10)7(5-17-12)6-3-2-4-8(14)9(6)15/h2-5H,1H3,(H2,16,18). The van der Waals surface area contributed by atoms with Crippen molar-refractivity contribution in [2.45, 2.75) is 0 Å². The molecule has 2 heterocycles. The van der Waals surface area contributed by atoms with Crippen LogP contribution in [0.3, 0.4) is 0 Å². The highest BCUT2D eigenvalue weighted by Crippen LogP contribution is 2.38. The quantitative estimate of drug-likeness (QED) is 0.788. The molecule has 2 N–H and O–H groups in total. The molecule has 2 aromatic heterocycles. The third-order valence-electron chi connectivity index (χ3n) is 2.84. The number of thiazole rings is 1.